The molecule has 0 aliphatic carbocycles. The largest absolute Gasteiger partial charge is 0.464 e. The lowest BCUT2D eigenvalue weighted by atomic mass is 10.0. The summed E-state index contributed by atoms with van der Waals surface area (Å²) in [5, 5.41) is 1.80. The number of amides is 1. The highest BCUT2D eigenvalue weighted by molar-refractivity contribution is 5.85. The molecule has 0 fully saturated rings. The molecule has 0 unspecified atom stereocenters. The summed E-state index contributed by atoms with van der Waals surface area (Å²) in [5.74, 6) is -0.240. The molecule has 0 saturated carbocycles. The van der Waals surface area contributed by atoms with Crippen LogP contribution >= 0.6 is 12.4 Å². The van der Waals surface area contributed by atoms with E-state index in [1.165, 1.54) is 148 Å². The van der Waals surface area contributed by atoms with Crippen LogP contribution in [-0.2, 0) is 14.3 Å². The molecule has 270 valence electrons. The van der Waals surface area contributed by atoms with Crippen LogP contribution in [0.1, 0.15) is 221 Å². The summed E-state index contributed by atoms with van der Waals surface area (Å²) in [7, 11) is 0. The number of ether oxygens (including phenoxy) is 1. The normalized spacial score (nSPS) is 11.5. The Morgan fingerprint density at radius 2 is 0.844 bits per heavy atom. The predicted octanol–water partition coefficient (Wildman–Crippen LogP) is 12.4. The highest BCUT2D eigenvalue weighted by Gasteiger charge is 2.37. The van der Waals surface area contributed by atoms with Crippen molar-refractivity contribution in [3.05, 3.63) is 0 Å². The molecule has 0 radical (unpaired) electrons. The number of hydrogen-bond acceptors (Lipinski definition) is 4. The first-order valence-corrected chi connectivity index (χ1v) is 19.6. The second-order valence-electron chi connectivity index (χ2n) is 14.0. The van der Waals surface area contributed by atoms with Crippen LogP contribution in [0.5, 0.6) is 0 Å². The van der Waals surface area contributed by atoms with Crippen molar-refractivity contribution in [1.82, 2.24) is 10.4 Å². The zero-order valence-electron chi connectivity index (χ0n) is 31.0. The van der Waals surface area contributed by atoms with Crippen molar-refractivity contribution in [2.45, 2.75) is 226 Å². The molecule has 0 aliphatic heterocycles. The second-order valence-corrected chi connectivity index (χ2v) is 14.0. The Hall–Kier alpha value is -0.810. The first kappa shape index (κ1) is 46.3. The summed E-state index contributed by atoms with van der Waals surface area (Å²) in [4.78, 5) is 25.7. The van der Waals surface area contributed by atoms with Gasteiger partial charge in [0.15, 0.2) is 0 Å². The van der Waals surface area contributed by atoms with Crippen LogP contribution in [0.3, 0.4) is 0 Å². The third-order valence-corrected chi connectivity index (χ3v) is 9.12. The summed E-state index contributed by atoms with van der Waals surface area (Å²) in [6.07, 6.45) is 36.6. The van der Waals surface area contributed by atoms with Gasteiger partial charge >= 0.3 is 5.97 Å². The number of hydrazine groups is 1. The smallest absolute Gasteiger partial charge is 0.327 e. The van der Waals surface area contributed by atoms with Gasteiger partial charge < -0.3 is 4.74 Å². The van der Waals surface area contributed by atoms with Crippen molar-refractivity contribution in [2.24, 2.45) is 0 Å². The molecule has 1 amide bonds. The highest BCUT2D eigenvalue weighted by atomic mass is 35.5. The third-order valence-electron chi connectivity index (χ3n) is 9.12. The Bertz CT molecular complexity index is 644. The Balaban J connectivity index is 0. The zero-order valence-corrected chi connectivity index (χ0v) is 31.8. The van der Waals surface area contributed by atoms with E-state index in [-0.39, 0.29) is 24.3 Å². The van der Waals surface area contributed by atoms with E-state index in [9.17, 15) is 9.59 Å². The minimum Gasteiger partial charge on any atom is -0.464 e. The van der Waals surface area contributed by atoms with Gasteiger partial charge in [0.25, 0.3) is 0 Å². The van der Waals surface area contributed by atoms with Gasteiger partial charge in [0.1, 0.15) is 5.54 Å². The highest BCUT2D eigenvalue weighted by Crippen LogP contribution is 2.18. The van der Waals surface area contributed by atoms with E-state index in [0.29, 0.717) is 19.6 Å². The molecular formula is C39H79ClN2O3. The van der Waals surface area contributed by atoms with Crippen LogP contribution in [0.15, 0.2) is 0 Å². The maximum Gasteiger partial charge on any atom is 0.327 e. The third kappa shape index (κ3) is 29.1. The van der Waals surface area contributed by atoms with Gasteiger partial charge in [0.05, 0.1) is 6.61 Å². The molecule has 0 aromatic heterocycles. The van der Waals surface area contributed by atoms with Crippen molar-refractivity contribution in [2.75, 3.05) is 13.2 Å². The fourth-order valence-electron chi connectivity index (χ4n) is 5.96. The van der Waals surface area contributed by atoms with Gasteiger partial charge in [-0.25, -0.2) is 9.80 Å². The molecule has 0 aromatic rings. The van der Waals surface area contributed by atoms with E-state index in [1.807, 2.05) is 13.8 Å². The quantitative estimate of drug-likeness (QED) is 0.0424. The second kappa shape index (κ2) is 34.5. The Labute approximate surface area is 287 Å². The van der Waals surface area contributed by atoms with Crippen molar-refractivity contribution in [1.29, 1.82) is 0 Å². The van der Waals surface area contributed by atoms with Crippen molar-refractivity contribution < 1.29 is 14.3 Å². The number of halogens is 1. The van der Waals surface area contributed by atoms with Crippen LogP contribution in [0, 0.1) is 0 Å². The summed E-state index contributed by atoms with van der Waals surface area (Å²) in [5.41, 5.74) is 2.15. The molecule has 0 atom stereocenters. The van der Waals surface area contributed by atoms with Gasteiger partial charge in [-0.05, 0) is 33.1 Å². The summed E-state index contributed by atoms with van der Waals surface area (Å²) >= 11 is 0. The lowest BCUT2D eigenvalue weighted by molar-refractivity contribution is -0.160. The topological polar surface area (TPSA) is 58.6 Å². The zero-order chi connectivity index (χ0) is 32.6. The summed E-state index contributed by atoms with van der Waals surface area (Å²) in [6.45, 7) is 11.4. The van der Waals surface area contributed by atoms with E-state index >= 15 is 0 Å². The Morgan fingerprint density at radius 1 is 0.511 bits per heavy atom. The van der Waals surface area contributed by atoms with E-state index < -0.39 is 5.54 Å². The molecule has 0 heterocycles. The summed E-state index contributed by atoms with van der Waals surface area (Å²) in [6, 6.07) is 0. The fourth-order valence-corrected chi connectivity index (χ4v) is 5.96. The minimum absolute atomic E-state index is 0. The van der Waals surface area contributed by atoms with E-state index in [0.717, 1.165) is 32.1 Å². The molecule has 1 N–H and O–H groups in total. The van der Waals surface area contributed by atoms with E-state index in [2.05, 4.69) is 26.2 Å². The first-order valence-electron chi connectivity index (χ1n) is 19.6. The summed E-state index contributed by atoms with van der Waals surface area (Å²) < 4.78 is 5.67. The van der Waals surface area contributed by atoms with Crippen LogP contribution in [0.4, 0.5) is 0 Å². The predicted molar refractivity (Wildman–Crippen MR) is 198 cm³/mol. The van der Waals surface area contributed by atoms with Crippen LogP contribution in [0.2, 0.25) is 0 Å². The molecule has 0 bridgehead atoms. The van der Waals surface area contributed by atoms with Crippen LogP contribution < -0.4 is 5.43 Å². The first-order chi connectivity index (χ1) is 21.4. The van der Waals surface area contributed by atoms with Crippen LogP contribution in [0.25, 0.3) is 0 Å². The van der Waals surface area contributed by atoms with Crippen LogP contribution in [-0.4, -0.2) is 35.6 Å². The van der Waals surface area contributed by atoms with Gasteiger partial charge in [-0.2, -0.15) is 0 Å². The van der Waals surface area contributed by atoms with Gasteiger partial charge in [0, 0.05) is 13.0 Å². The molecule has 5 nitrogen and oxygen atoms in total. The average molecular weight is 660 g/mol. The van der Waals surface area contributed by atoms with Gasteiger partial charge in [-0.1, -0.05) is 181 Å². The SMILES string of the molecule is CCCCCCCCCCCCCCCCCC(=O)NN(CCC)C(C)(C)C(=O)OCCCCCCCCCCCCCC.Cl. The molecule has 6 heteroatoms. The minimum atomic E-state index is -0.877. The Kier molecular flexibility index (Phi) is 35.5. The fraction of sp³-hybridized carbons (Fsp3) is 0.949. The van der Waals surface area contributed by atoms with Gasteiger partial charge in [-0.15, -0.1) is 12.4 Å². The Morgan fingerprint density at radius 3 is 1.20 bits per heavy atom. The molecule has 0 aliphatic rings. The van der Waals surface area contributed by atoms with Gasteiger partial charge in [0.2, 0.25) is 5.91 Å². The molecule has 0 rings (SSSR count). The number of carbonyl (C=O) groups excluding carboxylic acids is 2. The molecule has 0 spiro atoms. The van der Waals surface area contributed by atoms with Crippen molar-refractivity contribution >= 4 is 24.3 Å². The number of carbonyl (C=O) groups is 2. The standard InChI is InChI=1S/C39H78N2O3.ClH/c1-6-9-11-13-15-17-19-21-22-23-24-26-28-30-32-34-37(42)40-41(35-8-3)39(4,5)38(43)44-36-33-31-29-27-25-20-18-16-14-12-10-7-2;/h6-36H2,1-5H3,(H,40,42);1H. The number of esters is 1. The molecular weight excluding hydrogens is 580 g/mol. The maximum atomic E-state index is 13.0. The number of rotatable bonds is 34. The number of hydrogen-bond donors (Lipinski definition) is 1. The monoisotopic (exact) mass is 659 g/mol. The molecule has 0 aromatic carbocycles. The van der Waals surface area contributed by atoms with E-state index in [4.69, 9.17) is 4.74 Å². The molecule has 45 heavy (non-hydrogen) atoms. The molecule has 0 saturated heterocycles. The lowest BCUT2D eigenvalue weighted by Gasteiger charge is -2.36. The van der Waals surface area contributed by atoms with Crippen molar-refractivity contribution in [3.8, 4) is 0 Å². The lowest BCUT2D eigenvalue weighted by Crippen LogP contribution is -2.59. The van der Waals surface area contributed by atoms with E-state index in [1.54, 1.807) is 5.01 Å². The number of nitrogens with one attached hydrogen (secondary N) is 1. The number of nitrogens with zero attached hydrogens (tertiary/aromatic N) is 1. The maximum absolute atomic E-state index is 13.0. The van der Waals surface area contributed by atoms with Crippen molar-refractivity contribution in [3.63, 3.8) is 0 Å². The number of unbranched alkanes of at least 4 members (excludes halogenated alkanes) is 25. The van der Waals surface area contributed by atoms with Gasteiger partial charge in [-0.3, -0.25) is 10.2 Å². The average Bonchev–Trinajstić information content (AvgIpc) is 3.01.